The largest absolute Gasteiger partial charge is 0.593 e. The number of ether oxygens (including phenoxy) is 2. The van der Waals surface area contributed by atoms with Gasteiger partial charge in [0, 0.05) is 47.4 Å². The van der Waals surface area contributed by atoms with Gasteiger partial charge in [-0.3, -0.25) is 19.2 Å². The van der Waals surface area contributed by atoms with Crippen LogP contribution in [0.15, 0.2) is 161 Å². The lowest BCUT2D eigenvalue weighted by atomic mass is 9.96. The molecule has 3 aliphatic rings. The van der Waals surface area contributed by atoms with E-state index in [0.29, 0.717) is 34.5 Å². The Morgan fingerprint density at radius 2 is 1.62 bits per heavy atom. The SMILES string of the molecule is CC1/C=C\COC2C#CC=C(C2)C[C@H](NC(=O)c2ccc(-c3ccccc3)o2)C(=O)N2CC(Oc3cc(-c4ccccc4)nc4cc([OH2+])ccc34)C[C@H]2C(=O)NC1C(=O)NS(=O)(=O)c1ccccc1. The molecule has 6 atom stereocenters. The molecule has 4 heterocycles. The van der Waals surface area contributed by atoms with Gasteiger partial charge in [-0.15, -0.1) is 0 Å². The Bertz CT molecular complexity index is 3150. The Morgan fingerprint density at radius 1 is 0.899 bits per heavy atom. The molecule has 4 amide bonds. The van der Waals surface area contributed by atoms with Crippen molar-refractivity contribution in [3.63, 3.8) is 0 Å². The zero-order valence-corrected chi connectivity index (χ0v) is 38.1. The molecule has 0 radical (unpaired) electrons. The summed E-state index contributed by atoms with van der Waals surface area (Å²) in [5.74, 6) is 3.22. The van der Waals surface area contributed by atoms with Crippen LogP contribution in [0.5, 0.6) is 11.5 Å². The Morgan fingerprint density at radius 3 is 2.38 bits per heavy atom. The van der Waals surface area contributed by atoms with Crippen LogP contribution in [0.2, 0.25) is 0 Å². The number of hydrogen-bond acceptors (Lipinski definition) is 10. The minimum atomic E-state index is -4.37. The van der Waals surface area contributed by atoms with Gasteiger partial charge in [-0.1, -0.05) is 115 Å². The van der Waals surface area contributed by atoms with Crippen molar-refractivity contribution in [1.29, 1.82) is 0 Å². The normalized spacial score (nSPS) is 22.3. The van der Waals surface area contributed by atoms with Gasteiger partial charge in [0.05, 0.1) is 35.3 Å². The molecule has 9 rings (SSSR count). The minimum Gasteiger partial charge on any atom is -0.593 e. The summed E-state index contributed by atoms with van der Waals surface area (Å²) >= 11 is 0. The number of rotatable bonds is 9. The van der Waals surface area contributed by atoms with Gasteiger partial charge < -0.3 is 34.5 Å². The standard InChI is InChI=1S/C53H47N5O10S/c1-33-13-12-26-66-38-19-11-14-34(27-38)28-44(55-51(61)47-25-24-46(68-47)36-17-7-3-8-18-36)53(63)58-32-39(30-45(58)50(60)56-49(33)52(62)57-69(64,65)40-20-9-4-10-21-40)67-48-31-42(35-15-5-2-6-16-35)54-43-29-37(59)22-23-41(43)48/h2-10,12-18,20-25,29,31,33,38-39,44-45,49,59H,26-28,30,32H2,1H3,(H,55,61)(H,56,60)(H,57,62)/p+1/b13-12-/t33?,38?,39?,44-,45-,49?/m0/s1. The third-order valence-corrected chi connectivity index (χ3v) is 13.5. The van der Waals surface area contributed by atoms with Gasteiger partial charge in [-0.2, -0.15) is 0 Å². The molecule has 69 heavy (non-hydrogen) atoms. The monoisotopic (exact) mass is 946 g/mol. The van der Waals surface area contributed by atoms with E-state index >= 15 is 4.79 Å². The lowest BCUT2D eigenvalue weighted by Gasteiger charge is -2.31. The summed E-state index contributed by atoms with van der Waals surface area (Å²) < 4.78 is 47.8. The number of carbonyl (C=O) groups is 4. The number of benzene rings is 4. The number of nitrogens with one attached hydrogen (secondary N) is 3. The number of aromatic nitrogens is 1. The van der Waals surface area contributed by atoms with Gasteiger partial charge in [-0.05, 0) is 42.8 Å². The molecule has 15 nitrogen and oxygen atoms in total. The Hall–Kier alpha value is -8.00. The van der Waals surface area contributed by atoms with Crippen LogP contribution < -0.4 is 20.1 Å². The number of pyridine rings is 1. The highest BCUT2D eigenvalue weighted by molar-refractivity contribution is 7.90. The molecule has 350 valence electrons. The maximum absolute atomic E-state index is 15.3. The fourth-order valence-electron chi connectivity index (χ4n) is 8.63. The number of furan rings is 1. The molecule has 16 heteroatoms. The third-order valence-electron chi connectivity index (χ3n) is 12.1. The molecule has 1 aliphatic carbocycles. The van der Waals surface area contributed by atoms with Crippen LogP contribution in [0, 0.1) is 17.8 Å². The maximum atomic E-state index is 15.3. The van der Waals surface area contributed by atoms with E-state index < -0.39 is 69.9 Å². The molecule has 2 aromatic heterocycles. The molecule has 1 saturated heterocycles. The number of hydrogen-bond donors (Lipinski definition) is 3. The predicted molar refractivity (Wildman–Crippen MR) is 257 cm³/mol. The van der Waals surface area contributed by atoms with Crippen molar-refractivity contribution in [1.82, 2.24) is 25.2 Å². The summed E-state index contributed by atoms with van der Waals surface area (Å²) in [7, 11) is -4.37. The number of carbonyl (C=O) groups excluding carboxylic acids is 4. The van der Waals surface area contributed by atoms with E-state index in [2.05, 4.69) is 27.2 Å². The number of allylic oxidation sites excluding steroid dienone is 1. The summed E-state index contributed by atoms with van der Waals surface area (Å²) in [4.78, 5) is 64.4. The second-order valence-electron chi connectivity index (χ2n) is 17.0. The quantitative estimate of drug-likeness (QED) is 0.0868. The van der Waals surface area contributed by atoms with Crippen LogP contribution in [0.4, 0.5) is 0 Å². The number of amides is 4. The first-order valence-corrected chi connectivity index (χ1v) is 23.9. The summed E-state index contributed by atoms with van der Waals surface area (Å²) in [6.45, 7) is 1.58. The molecular formula is C53H48N5O10S+. The molecule has 4 aromatic carbocycles. The van der Waals surface area contributed by atoms with Crippen LogP contribution >= 0.6 is 0 Å². The predicted octanol–water partition coefficient (Wildman–Crippen LogP) is 6.05. The van der Waals surface area contributed by atoms with Crippen LogP contribution in [0.1, 0.15) is 36.7 Å². The molecule has 2 bridgehead atoms. The molecular weight excluding hydrogens is 899 g/mol. The second kappa shape index (κ2) is 20.1. The smallest absolute Gasteiger partial charge is 0.287 e. The highest BCUT2D eigenvalue weighted by Crippen LogP contribution is 2.35. The van der Waals surface area contributed by atoms with Gasteiger partial charge >= 0.3 is 0 Å². The molecule has 0 spiro atoms. The van der Waals surface area contributed by atoms with Gasteiger partial charge in [-0.25, -0.2) is 18.1 Å². The Balaban J connectivity index is 1.08. The lowest BCUT2D eigenvalue weighted by Crippen LogP contribution is -2.57. The molecule has 2 aliphatic heterocycles. The van der Waals surface area contributed by atoms with E-state index in [0.717, 1.165) is 16.7 Å². The first-order valence-electron chi connectivity index (χ1n) is 22.4. The van der Waals surface area contributed by atoms with E-state index in [-0.39, 0.29) is 42.4 Å². The summed E-state index contributed by atoms with van der Waals surface area (Å²) in [5.41, 5.74) is 3.34. The van der Waals surface area contributed by atoms with Crippen molar-refractivity contribution in [3.05, 3.63) is 157 Å². The van der Waals surface area contributed by atoms with Gasteiger partial charge in [0.1, 0.15) is 41.8 Å². The van der Waals surface area contributed by atoms with Crippen molar-refractivity contribution < 1.29 is 46.6 Å². The van der Waals surface area contributed by atoms with Gasteiger partial charge in [0.15, 0.2) is 5.76 Å². The fourth-order valence-corrected chi connectivity index (χ4v) is 9.66. The van der Waals surface area contributed by atoms with E-state index in [1.165, 1.54) is 35.2 Å². The van der Waals surface area contributed by atoms with Crippen LogP contribution in [-0.2, 0) is 29.1 Å². The molecule has 5 N–H and O–H groups in total. The molecule has 6 aromatic rings. The van der Waals surface area contributed by atoms with E-state index in [1.807, 2.05) is 60.7 Å². The van der Waals surface area contributed by atoms with E-state index in [9.17, 15) is 22.8 Å². The first kappa shape index (κ1) is 46.1. The number of sulfonamides is 1. The zero-order chi connectivity index (χ0) is 48.1. The topological polar surface area (TPSA) is 209 Å². The van der Waals surface area contributed by atoms with Crippen LogP contribution in [0.25, 0.3) is 33.5 Å². The molecule has 4 unspecified atom stereocenters. The van der Waals surface area contributed by atoms with Crippen molar-refractivity contribution in [3.8, 4) is 45.9 Å². The highest BCUT2D eigenvalue weighted by Gasteiger charge is 2.45. The van der Waals surface area contributed by atoms with E-state index in [1.54, 1.807) is 61.5 Å². The van der Waals surface area contributed by atoms with Crippen molar-refractivity contribution in [2.75, 3.05) is 13.2 Å². The third kappa shape index (κ3) is 10.6. The molecule has 1 fully saturated rings. The van der Waals surface area contributed by atoms with E-state index in [4.69, 9.17) is 24.0 Å². The number of fused-ring (bicyclic) bond motifs is 4. The summed E-state index contributed by atoms with van der Waals surface area (Å²) in [6, 6.07) is 32.0. The van der Waals surface area contributed by atoms with Gasteiger partial charge in [0.25, 0.3) is 27.6 Å². The average Bonchev–Trinajstić information content (AvgIpc) is 4.03. The fraction of sp³-hybridized carbons (Fsp3) is 0.226. The van der Waals surface area contributed by atoms with Crippen LogP contribution in [-0.4, -0.2) is 90.5 Å². The summed E-state index contributed by atoms with van der Waals surface area (Å²) in [6.07, 6.45) is 3.86. The first-order chi connectivity index (χ1) is 33.4. The maximum Gasteiger partial charge on any atom is 0.287 e. The second-order valence-corrected chi connectivity index (χ2v) is 18.7. The average molecular weight is 947 g/mol. The van der Waals surface area contributed by atoms with Crippen molar-refractivity contribution in [2.24, 2.45) is 5.92 Å². The summed E-state index contributed by atoms with van der Waals surface area (Å²) in [5, 5.41) is 14.6. The molecule has 0 saturated carbocycles. The highest BCUT2D eigenvalue weighted by atomic mass is 32.2. The number of nitrogens with zero attached hydrogens (tertiary/aromatic N) is 2. The Kier molecular flexibility index (Phi) is 13.4. The minimum absolute atomic E-state index is 0.00185. The van der Waals surface area contributed by atoms with Crippen molar-refractivity contribution >= 4 is 44.6 Å². The van der Waals surface area contributed by atoms with Crippen LogP contribution in [0.3, 0.4) is 0 Å². The van der Waals surface area contributed by atoms with Crippen molar-refractivity contribution in [2.45, 2.75) is 61.4 Å². The Labute approximate surface area is 398 Å². The van der Waals surface area contributed by atoms with Gasteiger partial charge in [0.2, 0.25) is 11.8 Å². The zero-order valence-electron chi connectivity index (χ0n) is 37.3. The lowest BCUT2D eigenvalue weighted by molar-refractivity contribution is -0.140.